The van der Waals surface area contributed by atoms with E-state index in [2.05, 4.69) is 27.0 Å². The number of hydrogen-bond donors (Lipinski definition) is 2. The first-order valence-corrected chi connectivity index (χ1v) is 13.7. The predicted octanol–water partition coefficient (Wildman–Crippen LogP) is 2.42. The number of aromatic nitrogens is 3. The average molecular weight is 490 g/mol. The maximum absolute atomic E-state index is 11.9. The molecule has 5 rings (SSSR count). The summed E-state index contributed by atoms with van der Waals surface area (Å²) in [6.45, 7) is 2.72. The van der Waals surface area contributed by atoms with Gasteiger partial charge in [0.15, 0.2) is 5.65 Å². The quantitative estimate of drug-likeness (QED) is 0.609. The van der Waals surface area contributed by atoms with E-state index in [1.165, 1.54) is 7.11 Å². The monoisotopic (exact) mass is 489 g/mol. The summed E-state index contributed by atoms with van der Waals surface area (Å²) in [5.74, 6) is 0.136. The summed E-state index contributed by atoms with van der Waals surface area (Å²) in [4.78, 5) is 22.7. The van der Waals surface area contributed by atoms with Gasteiger partial charge in [0.1, 0.15) is 15.4 Å². The van der Waals surface area contributed by atoms with Crippen molar-refractivity contribution in [2.24, 2.45) is 5.92 Å². The van der Waals surface area contributed by atoms with Crippen molar-refractivity contribution in [2.45, 2.75) is 63.6 Å². The summed E-state index contributed by atoms with van der Waals surface area (Å²) in [5.41, 5.74) is 5.99. The third kappa shape index (κ3) is 4.26. The maximum Gasteiger partial charge on any atom is 0.308 e. The Morgan fingerprint density at radius 1 is 1.26 bits per heavy atom. The maximum atomic E-state index is 11.9. The molecule has 1 saturated carbocycles. The molecule has 0 aromatic carbocycles. The number of hydroxylamine groups is 1. The highest BCUT2D eigenvalue weighted by Gasteiger charge is 2.42. The molecule has 1 saturated heterocycles. The van der Waals surface area contributed by atoms with Crippen molar-refractivity contribution >= 4 is 38.2 Å². The van der Waals surface area contributed by atoms with Crippen LogP contribution >= 0.6 is 0 Å². The van der Waals surface area contributed by atoms with Gasteiger partial charge in [0.05, 0.1) is 47.5 Å². The van der Waals surface area contributed by atoms with E-state index in [1.807, 2.05) is 24.0 Å². The third-order valence-electron chi connectivity index (χ3n) is 7.30. The number of fused-ring (bicyclic) bond motifs is 1. The minimum Gasteiger partial charge on any atom is -0.469 e. The molecule has 2 fully saturated rings. The summed E-state index contributed by atoms with van der Waals surface area (Å²) < 4.78 is 30.6. The Morgan fingerprint density at radius 2 is 2.00 bits per heavy atom. The third-order valence-corrected chi connectivity index (χ3v) is 9.01. The highest BCUT2D eigenvalue weighted by molar-refractivity contribution is 7.91. The number of rotatable bonds is 5. The van der Waals surface area contributed by atoms with Gasteiger partial charge in [0.25, 0.3) is 0 Å². The second kappa shape index (κ2) is 8.84. The molecule has 0 atom stereocenters. The van der Waals surface area contributed by atoms with Crippen molar-refractivity contribution in [3.8, 4) is 0 Å². The number of pyridine rings is 1. The van der Waals surface area contributed by atoms with Crippen LogP contribution in [0.2, 0.25) is 0 Å². The summed E-state index contributed by atoms with van der Waals surface area (Å²) in [5, 5.41) is 8.98. The van der Waals surface area contributed by atoms with E-state index >= 15 is 0 Å². The van der Waals surface area contributed by atoms with Gasteiger partial charge in [-0.1, -0.05) is 0 Å². The van der Waals surface area contributed by atoms with Crippen LogP contribution in [0.5, 0.6) is 0 Å². The molecule has 2 aromatic rings. The molecule has 0 amide bonds. The highest BCUT2D eigenvalue weighted by atomic mass is 32.2. The summed E-state index contributed by atoms with van der Waals surface area (Å²) in [6, 6.07) is 0.0465. The van der Waals surface area contributed by atoms with Crippen molar-refractivity contribution in [1.29, 1.82) is 0 Å². The molecule has 2 aliphatic heterocycles. The van der Waals surface area contributed by atoms with Crippen LogP contribution in [0.1, 0.15) is 51.0 Å². The standard InChI is InChI=1S/C23H31N5O5S/c1-3-28-21-18(14-25-28)20(26-16-6-10-34(30,31)11-7-16)17(13-24-21)19-12-23(33-27-19)8-4-15(5-9-23)22(29)32-2/h12-16,27H,3-11H2,1-2H3,(H,24,26). The normalized spacial score (nSPS) is 22.5. The fourth-order valence-corrected chi connectivity index (χ4v) is 6.71. The molecular weight excluding hydrogens is 458 g/mol. The molecular formula is C23H31N5O5S. The zero-order valence-corrected chi connectivity index (χ0v) is 20.4. The zero-order valence-electron chi connectivity index (χ0n) is 19.5. The number of nitrogens with zero attached hydrogens (tertiary/aromatic N) is 3. The lowest BCUT2D eigenvalue weighted by Crippen LogP contribution is -2.36. The van der Waals surface area contributed by atoms with Gasteiger partial charge in [-0.2, -0.15) is 5.10 Å². The Balaban J connectivity index is 1.46. The lowest BCUT2D eigenvalue weighted by molar-refractivity contribution is -0.149. The van der Waals surface area contributed by atoms with E-state index in [9.17, 15) is 13.2 Å². The molecule has 3 aliphatic rings. The smallest absolute Gasteiger partial charge is 0.308 e. The number of hydrogen-bond acceptors (Lipinski definition) is 9. The minimum atomic E-state index is -2.95. The molecule has 11 heteroatoms. The van der Waals surface area contributed by atoms with Crippen LogP contribution in [0.3, 0.4) is 0 Å². The van der Waals surface area contributed by atoms with E-state index in [1.54, 1.807) is 0 Å². The Hall–Kier alpha value is -2.66. The van der Waals surface area contributed by atoms with Gasteiger partial charge < -0.3 is 10.1 Å². The van der Waals surface area contributed by atoms with Crippen molar-refractivity contribution in [3.05, 3.63) is 24.0 Å². The number of ether oxygens (including phenoxy) is 1. The summed E-state index contributed by atoms with van der Waals surface area (Å²) in [7, 11) is -1.52. The van der Waals surface area contributed by atoms with Gasteiger partial charge in [0, 0.05) is 24.3 Å². The number of sulfone groups is 1. The largest absolute Gasteiger partial charge is 0.469 e. The minimum absolute atomic E-state index is 0.0465. The molecule has 10 nitrogen and oxygen atoms in total. The molecule has 0 radical (unpaired) electrons. The molecule has 4 heterocycles. The molecule has 184 valence electrons. The van der Waals surface area contributed by atoms with Gasteiger partial charge in [-0.25, -0.2) is 18.1 Å². The van der Waals surface area contributed by atoms with E-state index in [4.69, 9.17) is 9.57 Å². The van der Waals surface area contributed by atoms with Gasteiger partial charge in [-0.3, -0.25) is 15.1 Å². The molecule has 1 spiro atoms. The number of anilines is 1. The van der Waals surface area contributed by atoms with Crippen LogP contribution in [0.25, 0.3) is 16.7 Å². The lowest BCUT2D eigenvalue weighted by Gasteiger charge is -2.32. The van der Waals surface area contributed by atoms with Crippen LogP contribution in [-0.4, -0.2) is 59.4 Å². The predicted molar refractivity (Wildman–Crippen MR) is 127 cm³/mol. The van der Waals surface area contributed by atoms with Gasteiger partial charge in [-0.05, 0) is 51.5 Å². The van der Waals surface area contributed by atoms with Gasteiger partial charge >= 0.3 is 5.97 Å². The van der Waals surface area contributed by atoms with Crippen LogP contribution in [-0.2, 0) is 30.8 Å². The van der Waals surface area contributed by atoms with Crippen molar-refractivity contribution in [2.75, 3.05) is 23.9 Å². The number of esters is 1. The molecule has 1 aliphatic carbocycles. The Kier molecular flexibility index (Phi) is 6.01. The van der Waals surface area contributed by atoms with Crippen LogP contribution < -0.4 is 10.8 Å². The van der Waals surface area contributed by atoms with E-state index in [-0.39, 0.29) is 29.4 Å². The molecule has 2 aromatic heterocycles. The topological polar surface area (TPSA) is 124 Å². The average Bonchev–Trinajstić information content (AvgIpc) is 3.45. The Bertz CT molecular complexity index is 1220. The fourth-order valence-electron chi connectivity index (χ4n) is 5.22. The number of nitrogens with one attached hydrogen (secondary N) is 2. The summed E-state index contributed by atoms with van der Waals surface area (Å²) in [6.07, 6.45) is 9.71. The first kappa shape index (κ1) is 23.1. The number of methoxy groups -OCH3 is 1. The van der Waals surface area contributed by atoms with E-state index in [0.29, 0.717) is 32.2 Å². The van der Waals surface area contributed by atoms with Gasteiger partial charge in [-0.15, -0.1) is 0 Å². The van der Waals surface area contributed by atoms with Crippen LogP contribution in [0.15, 0.2) is 18.5 Å². The van der Waals surface area contributed by atoms with Crippen LogP contribution in [0, 0.1) is 5.92 Å². The van der Waals surface area contributed by atoms with E-state index in [0.717, 1.165) is 40.8 Å². The number of aryl methyl sites for hydroxylation is 1. The zero-order chi connectivity index (χ0) is 23.9. The molecule has 2 N–H and O–H groups in total. The first-order chi connectivity index (χ1) is 16.3. The molecule has 34 heavy (non-hydrogen) atoms. The van der Waals surface area contributed by atoms with Crippen molar-refractivity contribution < 1.29 is 22.8 Å². The summed E-state index contributed by atoms with van der Waals surface area (Å²) >= 11 is 0. The van der Waals surface area contributed by atoms with Crippen molar-refractivity contribution in [3.63, 3.8) is 0 Å². The number of carbonyl (C=O) groups is 1. The van der Waals surface area contributed by atoms with E-state index < -0.39 is 15.4 Å². The Labute approximate surface area is 199 Å². The first-order valence-electron chi connectivity index (χ1n) is 11.9. The lowest BCUT2D eigenvalue weighted by atomic mass is 9.78. The second-order valence-electron chi connectivity index (χ2n) is 9.44. The molecule has 0 bridgehead atoms. The SMILES string of the molecule is CCn1ncc2c(NC3CCS(=O)(=O)CC3)c(C3=CC4(CCC(C(=O)OC)CC4)ON3)cnc21. The highest BCUT2D eigenvalue weighted by Crippen LogP contribution is 2.42. The van der Waals surface area contributed by atoms with Crippen LogP contribution in [0.4, 0.5) is 5.69 Å². The number of carbonyl (C=O) groups excluding carboxylic acids is 1. The van der Waals surface area contributed by atoms with Crippen molar-refractivity contribution in [1.82, 2.24) is 20.2 Å². The molecule has 0 unspecified atom stereocenters. The van der Waals surface area contributed by atoms with Gasteiger partial charge in [0.2, 0.25) is 0 Å². The Morgan fingerprint density at radius 3 is 2.68 bits per heavy atom. The second-order valence-corrected chi connectivity index (χ2v) is 11.7. The fraction of sp³-hybridized carbons (Fsp3) is 0.609.